The summed E-state index contributed by atoms with van der Waals surface area (Å²) in [5, 5.41) is 7.87. The lowest BCUT2D eigenvalue weighted by Crippen LogP contribution is -2.33. The zero-order valence-corrected chi connectivity index (χ0v) is 16.9. The quantitative estimate of drug-likeness (QED) is 0.544. The Morgan fingerprint density at radius 1 is 1.23 bits per heavy atom. The van der Waals surface area contributed by atoms with Crippen LogP contribution in [0, 0.1) is 0 Å². The van der Waals surface area contributed by atoms with Crippen molar-refractivity contribution in [2.45, 2.75) is 58.3 Å². The number of carbonyl (C=O) groups excluding carboxylic acids is 1. The van der Waals surface area contributed by atoms with Crippen molar-refractivity contribution in [3.05, 3.63) is 47.3 Å². The molecule has 1 aromatic heterocycles. The van der Waals surface area contributed by atoms with Crippen LogP contribution in [-0.4, -0.2) is 51.3 Å². The van der Waals surface area contributed by atoms with Gasteiger partial charge in [0.15, 0.2) is 12.0 Å². The molecule has 0 saturated heterocycles. The molecule has 7 nitrogen and oxygen atoms in total. The summed E-state index contributed by atoms with van der Waals surface area (Å²) in [5.41, 5.74) is -0.591. The molecule has 1 aliphatic rings. The molecule has 1 amide bonds. The molecule has 0 radical (unpaired) electrons. The normalized spacial score (nSPS) is 14.3. The maximum Gasteiger partial charge on any atom is 0.416 e. The van der Waals surface area contributed by atoms with E-state index in [1.54, 1.807) is 0 Å². The number of nitrogens with zero attached hydrogens (tertiary/aromatic N) is 4. The van der Waals surface area contributed by atoms with Gasteiger partial charge in [-0.2, -0.15) is 13.2 Å². The second-order valence-corrected chi connectivity index (χ2v) is 6.99. The Kier molecular flexibility index (Phi) is 7.09. The smallest absolute Gasteiger partial charge is 0.351 e. The molecule has 0 bridgehead atoms. The van der Waals surface area contributed by atoms with Gasteiger partial charge in [0, 0.05) is 25.8 Å². The fraction of sp³-hybridized carbons (Fsp3) is 0.550. The monoisotopic (exact) mass is 426 g/mol. The van der Waals surface area contributed by atoms with Crippen LogP contribution in [0.2, 0.25) is 0 Å². The van der Waals surface area contributed by atoms with E-state index in [2.05, 4.69) is 10.3 Å². The second kappa shape index (κ2) is 9.57. The summed E-state index contributed by atoms with van der Waals surface area (Å²) >= 11 is 0. The minimum atomic E-state index is -4.48. The fourth-order valence-corrected chi connectivity index (χ4v) is 3.18. The van der Waals surface area contributed by atoms with Crippen LogP contribution >= 0.6 is 0 Å². The lowest BCUT2D eigenvalue weighted by atomic mass is 10.1. The number of ether oxygens (including phenoxy) is 2. The van der Waals surface area contributed by atoms with Gasteiger partial charge in [-0.1, -0.05) is 23.4 Å². The number of rotatable bonds is 10. The zero-order chi connectivity index (χ0) is 21.7. The van der Waals surface area contributed by atoms with Crippen molar-refractivity contribution < 1.29 is 27.4 Å². The predicted molar refractivity (Wildman–Crippen MR) is 101 cm³/mol. The topological polar surface area (TPSA) is 69.5 Å². The molecular formula is C20H25F3N4O3. The van der Waals surface area contributed by atoms with Crippen molar-refractivity contribution in [3.63, 3.8) is 0 Å². The maximum atomic E-state index is 13.3. The van der Waals surface area contributed by atoms with Gasteiger partial charge in [0.05, 0.1) is 18.3 Å². The lowest BCUT2D eigenvalue weighted by molar-refractivity contribution is -0.145. The Morgan fingerprint density at radius 3 is 2.50 bits per heavy atom. The summed E-state index contributed by atoms with van der Waals surface area (Å²) in [6.07, 6.45) is -2.03. The summed E-state index contributed by atoms with van der Waals surface area (Å²) in [4.78, 5) is 14.5. The Balaban J connectivity index is 1.76. The van der Waals surface area contributed by atoms with E-state index in [9.17, 15) is 18.0 Å². The molecular weight excluding hydrogens is 401 g/mol. The van der Waals surface area contributed by atoms with Crippen LogP contribution in [0.15, 0.2) is 30.5 Å². The van der Waals surface area contributed by atoms with Crippen molar-refractivity contribution in [1.82, 2.24) is 19.9 Å². The molecule has 0 atom stereocenters. The van der Waals surface area contributed by atoms with E-state index >= 15 is 0 Å². The molecule has 1 saturated carbocycles. The highest BCUT2D eigenvalue weighted by Crippen LogP contribution is 2.35. The Labute approximate surface area is 172 Å². The van der Waals surface area contributed by atoms with Crippen LogP contribution in [0.25, 0.3) is 0 Å². The van der Waals surface area contributed by atoms with Crippen LogP contribution in [-0.2, 0) is 28.7 Å². The van der Waals surface area contributed by atoms with E-state index in [1.165, 1.54) is 34.0 Å². The number of benzene rings is 1. The molecule has 1 fully saturated rings. The van der Waals surface area contributed by atoms with Gasteiger partial charge < -0.3 is 14.4 Å². The molecule has 30 heavy (non-hydrogen) atoms. The minimum Gasteiger partial charge on any atom is -0.351 e. The predicted octanol–water partition coefficient (Wildman–Crippen LogP) is 3.50. The van der Waals surface area contributed by atoms with E-state index < -0.39 is 23.9 Å². The average molecular weight is 426 g/mol. The third-order valence-electron chi connectivity index (χ3n) is 4.71. The van der Waals surface area contributed by atoms with Crippen molar-refractivity contribution in [2.75, 3.05) is 13.2 Å². The summed E-state index contributed by atoms with van der Waals surface area (Å²) in [7, 11) is 0. The van der Waals surface area contributed by atoms with Crippen LogP contribution < -0.4 is 0 Å². The van der Waals surface area contributed by atoms with Gasteiger partial charge in [-0.05, 0) is 38.3 Å². The van der Waals surface area contributed by atoms with Crippen molar-refractivity contribution >= 4 is 5.91 Å². The number of amides is 1. The van der Waals surface area contributed by atoms with Crippen LogP contribution in [0.5, 0.6) is 0 Å². The molecule has 0 unspecified atom stereocenters. The summed E-state index contributed by atoms with van der Waals surface area (Å²) in [6.45, 7) is 4.72. The third kappa shape index (κ3) is 5.57. The van der Waals surface area contributed by atoms with Crippen molar-refractivity contribution in [3.8, 4) is 0 Å². The van der Waals surface area contributed by atoms with Crippen molar-refractivity contribution in [2.24, 2.45) is 0 Å². The Hall–Kier alpha value is -2.46. The minimum absolute atomic E-state index is 0.0606. The van der Waals surface area contributed by atoms with E-state index in [0.29, 0.717) is 13.2 Å². The van der Waals surface area contributed by atoms with Gasteiger partial charge in [0.2, 0.25) is 0 Å². The largest absolute Gasteiger partial charge is 0.416 e. The first kappa shape index (κ1) is 22.2. The molecule has 0 N–H and O–H groups in total. The maximum absolute atomic E-state index is 13.3. The van der Waals surface area contributed by atoms with Gasteiger partial charge in [-0.25, -0.2) is 4.68 Å². The first-order valence-electron chi connectivity index (χ1n) is 9.92. The molecule has 10 heteroatoms. The molecule has 2 aromatic rings. The molecule has 0 spiro atoms. The molecule has 0 aliphatic heterocycles. The first-order chi connectivity index (χ1) is 14.3. The molecule has 1 heterocycles. The summed E-state index contributed by atoms with van der Waals surface area (Å²) in [5.74, 6) is -0.440. The lowest BCUT2D eigenvalue weighted by Gasteiger charge is -2.23. The summed E-state index contributed by atoms with van der Waals surface area (Å²) in [6, 6.07) is 5.22. The Bertz CT molecular complexity index is 846. The third-order valence-corrected chi connectivity index (χ3v) is 4.71. The number of hydrogen-bond donors (Lipinski definition) is 0. The van der Waals surface area contributed by atoms with Crippen molar-refractivity contribution in [1.29, 1.82) is 0 Å². The highest BCUT2D eigenvalue weighted by atomic mass is 19.4. The molecule has 1 aromatic carbocycles. The fourth-order valence-electron chi connectivity index (χ4n) is 3.18. The number of alkyl halides is 3. The number of aromatic nitrogens is 3. The molecule has 164 valence electrons. The SMILES string of the molecule is CCOC(Cn1cc(C(=O)N(Cc2ccccc2C(F)(F)F)C2CC2)nn1)OCC. The van der Waals surface area contributed by atoms with Crippen LogP contribution in [0.3, 0.4) is 0 Å². The first-order valence-corrected chi connectivity index (χ1v) is 9.92. The number of hydrogen-bond acceptors (Lipinski definition) is 5. The van der Waals surface area contributed by atoms with Crippen LogP contribution in [0.4, 0.5) is 13.2 Å². The molecule has 3 rings (SSSR count). The highest BCUT2D eigenvalue weighted by Gasteiger charge is 2.38. The number of carbonyl (C=O) groups is 1. The van der Waals surface area contributed by atoms with Crippen LogP contribution in [0.1, 0.15) is 48.3 Å². The van der Waals surface area contributed by atoms with Gasteiger partial charge in [-0.15, -0.1) is 5.10 Å². The van der Waals surface area contributed by atoms with E-state index in [0.717, 1.165) is 18.9 Å². The van der Waals surface area contributed by atoms with Gasteiger partial charge in [0.1, 0.15) is 0 Å². The van der Waals surface area contributed by atoms with Gasteiger partial charge >= 0.3 is 6.18 Å². The summed E-state index contributed by atoms with van der Waals surface area (Å²) < 4.78 is 52.4. The zero-order valence-electron chi connectivity index (χ0n) is 16.9. The highest BCUT2D eigenvalue weighted by molar-refractivity contribution is 5.92. The average Bonchev–Trinajstić information content (AvgIpc) is 3.44. The van der Waals surface area contributed by atoms with Gasteiger partial charge in [0.25, 0.3) is 5.91 Å². The van der Waals surface area contributed by atoms with E-state index in [-0.39, 0.29) is 30.4 Å². The van der Waals surface area contributed by atoms with E-state index in [1.807, 2.05) is 13.8 Å². The van der Waals surface area contributed by atoms with Gasteiger partial charge in [-0.3, -0.25) is 4.79 Å². The van der Waals surface area contributed by atoms with E-state index in [4.69, 9.17) is 9.47 Å². The standard InChI is InChI=1S/C20H25F3N4O3/c1-3-29-18(30-4-2)13-26-12-17(24-25-26)19(28)27(15-9-10-15)11-14-7-5-6-8-16(14)20(21,22)23/h5-8,12,15,18H,3-4,9-11,13H2,1-2H3. The second-order valence-electron chi connectivity index (χ2n) is 6.99. The molecule has 1 aliphatic carbocycles. The number of halogens is 3. The Morgan fingerprint density at radius 2 is 1.90 bits per heavy atom.